The van der Waals surface area contributed by atoms with E-state index >= 15 is 0 Å². The summed E-state index contributed by atoms with van der Waals surface area (Å²) in [5, 5.41) is 2.36. The Bertz CT molecular complexity index is 2880. The molecule has 10 aromatic rings. The quantitative estimate of drug-likeness (QED) is 0.165. The highest BCUT2D eigenvalue weighted by atomic mass is 32.1. The molecular weight excluding hydrogens is 687 g/mol. The summed E-state index contributed by atoms with van der Waals surface area (Å²) in [5.74, 6) is 1.98. The van der Waals surface area contributed by atoms with Crippen molar-refractivity contribution in [3.8, 4) is 78.7 Å². The van der Waals surface area contributed by atoms with Crippen LogP contribution < -0.4 is 0 Å². The first-order valence-corrected chi connectivity index (χ1v) is 19.3. The molecule has 55 heavy (non-hydrogen) atoms. The van der Waals surface area contributed by atoms with Crippen LogP contribution in [0.2, 0.25) is 0 Å². The molecule has 0 saturated heterocycles. The van der Waals surface area contributed by atoms with E-state index in [9.17, 15) is 0 Å². The first kappa shape index (κ1) is 32.6. The molecule has 10 rings (SSSR count). The lowest BCUT2D eigenvalue weighted by Gasteiger charge is -2.12. The highest BCUT2D eigenvalue weighted by molar-refractivity contribution is 7.26. The highest BCUT2D eigenvalue weighted by Crippen LogP contribution is 2.43. The van der Waals surface area contributed by atoms with Gasteiger partial charge in [0.2, 0.25) is 0 Å². The van der Waals surface area contributed by atoms with Crippen LogP contribution in [0.5, 0.6) is 0 Å². The normalized spacial score (nSPS) is 11.3. The lowest BCUT2D eigenvalue weighted by Crippen LogP contribution is -2.00. The molecule has 0 spiro atoms. The Morgan fingerprint density at radius 2 is 0.691 bits per heavy atom. The van der Waals surface area contributed by atoms with Crippen molar-refractivity contribution in [1.82, 2.24) is 15.0 Å². The van der Waals surface area contributed by atoms with Crippen molar-refractivity contribution in [2.75, 3.05) is 0 Å². The number of rotatable bonds is 7. The van der Waals surface area contributed by atoms with E-state index < -0.39 is 0 Å². The molecule has 258 valence electrons. The summed E-state index contributed by atoms with van der Waals surface area (Å²) in [6.07, 6.45) is 0. The third-order valence-corrected chi connectivity index (χ3v) is 11.3. The van der Waals surface area contributed by atoms with Gasteiger partial charge in [-0.05, 0) is 62.7 Å². The second-order valence-electron chi connectivity index (χ2n) is 13.6. The van der Waals surface area contributed by atoms with Gasteiger partial charge in [0.25, 0.3) is 0 Å². The van der Waals surface area contributed by atoms with E-state index in [1.807, 2.05) is 36.4 Å². The zero-order chi connectivity index (χ0) is 36.6. The molecule has 0 unspecified atom stereocenters. The second kappa shape index (κ2) is 14.1. The van der Waals surface area contributed by atoms with Crippen molar-refractivity contribution >= 4 is 31.5 Å². The number of thiophene rings is 1. The van der Waals surface area contributed by atoms with Gasteiger partial charge in [-0.15, -0.1) is 11.3 Å². The van der Waals surface area contributed by atoms with Gasteiger partial charge >= 0.3 is 0 Å². The molecule has 0 radical (unpaired) electrons. The zero-order valence-electron chi connectivity index (χ0n) is 29.8. The van der Waals surface area contributed by atoms with Gasteiger partial charge in [-0.1, -0.05) is 182 Å². The topological polar surface area (TPSA) is 38.7 Å². The SMILES string of the molecule is c1ccc(-c2ccc(-c3ccc(-c4ccccc4-c4ccc5sc6cccc(-c7nc(-c8ccccc8)nc(-c8ccccc8)n7)c6c5c4)cc3)cc2)cc1. The molecule has 4 heteroatoms. The summed E-state index contributed by atoms with van der Waals surface area (Å²) in [7, 11) is 0. The van der Waals surface area contributed by atoms with Gasteiger partial charge < -0.3 is 0 Å². The summed E-state index contributed by atoms with van der Waals surface area (Å²) in [5.41, 5.74) is 12.5. The van der Waals surface area contributed by atoms with Crippen LogP contribution in [0.15, 0.2) is 200 Å². The maximum atomic E-state index is 5.10. The molecule has 0 amide bonds. The molecule has 0 aliphatic carbocycles. The molecule has 0 atom stereocenters. The van der Waals surface area contributed by atoms with E-state index in [-0.39, 0.29) is 0 Å². The summed E-state index contributed by atoms with van der Waals surface area (Å²) >= 11 is 1.80. The monoisotopic (exact) mass is 719 g/mol. The van der Waals surface area contributed by atoms with E-state index in [0.29, 0.717) is 17.5 Å². The van der Waals surface area contributed by atoms with E-state index in [0.717, 1.165) is 22.1 Å². The van der Waals surface area contributed by atoms with Gasteiger partial charge in [0, 0.05) is 36.9 Å². The van der Waals surface area contributed by atoms with Crippen LogP contribution in [0.1, 0.15) is 0 Å². The average molecular weight is 720 g/mol. The molecular formula is C51H33N3S. The van der Waals surface area contributed by atoms with Crippen molar-refractivity contribution in [3.63, 3.8) is 0 Å². The number of aromatic nitrogens is 3. The number of hydrogen-bond donors (Lipinski definition) is 0. The molecule has 8 aromatic carbocycles. The minimum atomic E-state index is 0.658. The van der Waals surface area contributed by atoms with Crippen molar-refractivity contribution in [1.29, 1.82) is 0 Å². The van der Waals surface area contributed by atoms with Crippen molar-refractivity contribution in [3.05, 3.63) is 200 Å². The Kier molecular flexibility index (Phi) is 8.36. The van der Waals surface area contributed by atoms with Crippen LogP contribution in [0.3, 0.4) is 0 Å². The van der Waals surface area contributed by atoms with Crippen LogP contribution in [-0.2, 0) is 0 Å². The average Bonchev–Trinajstić information content (AvgIpc) is 3.66. The van der Waals surface area contributed by atoms with Crippen LogP contribution in [0.25, 0.3) is 98.8 Å². The first-order chi connectivity index (χ1) is 27.2. The number of benzene rings is 8. The van der Waals surface area contributed by atoms with Crippen molar-refractivity contribution in [2.24, 2.45) is 0 Å². The van der Waals surface area contributed by atoms with E-state index in [2.05, 4.69) is 164 Å². The minimum Gasteiger partial charge on any atom is -0.208 e. The number of hydrogen-bond acceptors (Lipinski definition) is 4. The molecule has 0 aliphatic heterocycles. The first-order valence-electron chi connectivity index (χ1n) is 18.4. The smallest absolute Gasteiger partial charge is 0.164 e. The maximum Gasteiger partial charge on any atom is 0.164 e. The number of fused-ring (bicyclic) bond motifs is 3. The third kappa shape index (κ3) is 6.29. The minimum absolute atomic E-state index is 0.658. The van der Waals surface area contributed by atoms with Crippen LogP contribution in [-0.4, -0.2) is 15.0 Å². The number of nitrogens with zero attached hydrogens (tertiary/aromatic N) is 3. The third-order valence-electron chi connectivity index (χ3n) is 10.2. The lowest BCUT2D eigenvalue weighted by atomic mass is 9.92. The Hall–Kier alpha value is -7.01. The summed E-state index contributed by atoms with van der Waals surface area (Å²) in [6.45, 7) is 0. The summed E-state index contributed by atoms with van der Waals surface area (Å²) < 4.78 is 2.43. The predicted octanol–water partition coefficient (Wildman–Crippen LogP) is 13.9. The van der Waals surface area contributed by atoms with Gasteiger partial charge in [-0.2, -0.15) is 0 Å². The maximum absolute atomic E-state index is 5.10. The molecule has 0 N–H and O–H groups in total. The summed E-state index contributed by atoms with van der Waals surface area (Å²) in [6, 6.07) is 70.6. The fourth-order valence-corrected chi connectivity index (χ4v) is 8.54. The van der Waals surface area contributed by atoms with Gasteiger partial charge in [0.05, 0.1) is 0 Å². The predicted molar refractivity (Wildman–Crippen MR) is 231 cm³/mol. The van der Waals surface area contributed by atoms with E-state index in [4.69, 9.17) is 15.0 Å². The van der Waals surface area contributed by atoms with Crippen molar-refractivity contribution < 1.29 is 0 Å². The molecule has 0 aliphatic rings. The Morgan fingerprint density at radius 1 is 0.273 bits per heavy atom. The van der Waals surface area contributed by atoms with E-state index in [1.165, 1.54) is 59.3 Å². The van der Waals surface area contributed by atoms with Crippen LogP contribution in [0, 0.1) is 0 Å². The molecule has 2 aromatic heterocycles. The Morgan fingerprint density at radius 3 is 1.25 bits per heavy atom. The Balaban J connectivity index is 1.05. The standard InChI is InChI=1S/C51H33N3S/c1-4-13-34(14-5-1)35-23-25-36(26-24-35)37-27-29-38(30-28-37)42-19-10-11-20-43(42)41-31-32-46-45(33-41)48-44(21-12-22-47(48)55-46)51-53-49(39-15-6-2-7-16-39)52-50(54-51)40-17-8-3-9-18-40/h1-33H. The zero-order valence-corrected chi connectivity index (χ0v) is 30.6. The fraction of sp³-hybridized carbons (Fsp3) is 0. The van der Waals surface area contributed by atoms with Crippen molar-refractivity contribution in [2.45, 2.75) is 0 Å². The van der Waals surface area contributed by atoms with Gasteiger partial charge in [-0.3, -0.25) is 0 Å². The van der Waals surface area contributed by atoms with Gasteiger partial charge in [-0.25, -0.2) is 15.0 Å². The Labute approximate surface area is 323 Å². The van der Waals surface area contributed by atoms with Crippen LogP contribution in [0.4, 0.5) is 0 Å². The summed E-state index contributed by atoms with van der Waals surface area (Å²) in [4.78, 5) is 15.1. The molecule has 0 saturated carbocycles. The van der Waals surface area contributed by atoms with E-state index in [1.54, 1.807) is 11.3 Å². The second-order valence-corrected chi connectivity index (χ2v) is 14.7. The lowest BCUT2D eigenvalue weighted by molar-refractivity contribution is 1.08. The molecule has 0 bridgehead atoms. The molecule has 3 nitrogen and oxygen atoms in total. The van der Waals surface area contributed by atoms with Crippen LogP contribution >= 0.6 is 11.3 Å². The fourth-order valence-electron chi connectivity index (χ4n) is 7.42. The molecule has 2 heterocycles. The molecule has 0 fully saturated rings. The highest BCUT2D eigenvalue weighted by Gasteiger charge is 2.18. The largest absolute Gasteiger partial charge is 0.208 e. The van der Waals surface area contributed by atoms with Gasteiger partial charge in [0.15, 0.2) is 17.5 Å². The van der Waals surface area contributed by atoms with Gasteiger partial charge in [0.1, 0.15) is 0 Å².